The number of H-pyrrole nitrogens is 1. The Labute approximate surface area is 144 Å². The third-order valence-corrected chi connectivity index (χ3v) is 4.30. The molecule has 1 saturated heterocycles. The van der Waals surface area contributed by atoms with Crippen LogP contribution in [-0.4, -0.2) is 41.0 Å². The van der Waals surface area contributed by atoms with Crippen molar-refractivity contribution in [1.82, 2.24) is 14.9 Å². The number of rotatable bonds is 4. The highest BCUT2D eigenvalue weighted by Gasteiger charge is 2.28. The minimum absolute atomic E-state index is 0.0673. The molecule has 1 atom stereocenters. The average Bonchev–Trinajstić information content (AvgIpc) is 2.61. The van der Waals surface area contributed by atoms with Gasteiger partial charge in [0.1, 0.15) is 11.6 Å². The first-order valence-corrected chi connectivity index (χ1v) is 8.21. The van der Waals surface area contributed by atoms with E-state index in [-0.39, 0.29) is 29.6 Å². The van der Waals surface area contributed by atoms with Crippen molar-refractivity contribution in [3.8, 4) is 0 Å². The van der Waals surface area contributed by atoms with Gasteiger partial charge in [0.2, 0.25) is 0 Å². The summed E-state index contributed by atoms with van der Waals surface area (Å²) < 4.78 is 18.9. The molecule has 1 aliphatic heterocycles. The van der Waals surface area contributed by atoms with Gasteiger partial charge in [-0.3, -0.25) is 9.59 Å². The summed E-state index contributed by atoms with van der Waals surface area (Å²) in [5, 5.41) is 0. The number of likely N-dealkylation sites (tertiary alicyclic amines) is 1. The van der Waals surface area contributed by atoms with Gasteiger partial charge >= 0.3 is 0 Å². The predicted molar refractivity (Wildman–Crippen MR) is 89.8 cm³/mol. The van der Waals surface area contributed by atoms with E-state index in [9.17, 15) is 14.0 Å². The maximum atomic E-state index is 13.9. The molecule has 7 heteroatoms. The van der Waals surface area contributed by atoms with Gasteiger partial charge < -0.3 is 14.6 Å². The number of halogens is 1. The minimum Gasteiger partial charge on any atom is -0.378 e. The van der Waals surface area contributed by atoms with Crippen molar-refractivity contribution in [3.63, 3.8) is 0 Å². The van der Waals surface area contributed by atoms with Crippen LogP contribution in [0.15, 0.2) is 35.1 Å². The zero-order chi connectivity index (χ0) is 17.8. The van der Waals surface area contributed by atoms with Crippen LogP contribution in [0.1, 0.15) is 40.6 Å². The Hall–Kier alpha value is -2.54. The van der Waals surface area contributed by atoms with Crippen molar-refractivity contribution in [3.05, 3.63) is 63.6 Å². The highest BCUT2D eigenvalue weighted by atomic mass is 19.1. The van der Waals surface area contributed by atoms with E-state index in [0.717, 1.165) is 12.8 Å². The first kappa shape index (κ1) is 17.3. The van der Waals surface area contributed by atoms with Crippen LogP contribution >= 0.6 is 0 Å². The summed E-state index contributed by atoms with van der Waals surface area (Å²) in [6.07, 6.45) is 1.57. The van der Waals surface area contributed by atoms with Crippen LogP contribution in [0.2, 0.25) is 0 Å². The van der Waals surface area contributed by atoms with Crippen LogP contribution in [0.3, 0.4) is 0 Å². The summed E-state index contributed by atoms with van der Waals surface area (Å²) >= 11 is 0. The Kier molecular flexibility index (Phi) is 5.23. The number of benzene rings is 1. The Morgan fingerprint density at radius 1 is 1.44 bits per heavy atom. The van der Waals surface area contributed by atoms with Crippen molar-refractivity contribution in [1.29, 1.82) is 0 Å². The second-order valence-corrected chi connectivity index (χ2v) is 6.13. The number of nitrogens with zero attached hydrogens (tertiary/aromatic N) is 2. The van der Waals surface area contributed by atoms with E-state index in [0.29, 0.717) is 24.6 Å². The topological polar surface area (TPSA) is 75.3 Å². The number of ether oxygens (including phenoxy) is 1. The molecule has 1 amide bonds. The van der Waals surface area contributed by atoms with Crippen molar-refractivity contribution in [2.75, 3.05) is 20.2 Å². The molecule has 6 nitrogen and oxygen atoms in total. The van der Waals surface area contributed by atoms with E-state index >= 15 is 0 Å². The van der Waals surface area contributed by atoms with E-state index in [4.69, 9.17) is 4.74 Å². The third-order valence-electron chi connectivity index (χ3n) is 4.30. The van der Waals surface area contributed by atoms with Gasteiger partial charge in [0.15, 0.2) is 0 Å². The summed E-state index contributed by atoms with van der Waals surface area (Å²) in [4.78, 5) is 33.2. The van der Waals surface area contributed by atoms with Gasteiger partial charge in [0.25, 0.3) is 11.5 Å². The highest BCUT2D eigenvalue weighted by molar-refractivity contribution is 5.94. The number of aromatic amines is 1. The lowest BCUT2D eigenvalue weighted by Crippen LogP contribution is -2.40. The molecule has 2 heterocycles. The molecular formula is C18H20FN3O3. The fraction of sp³-hybridized carbons (Fsp3) is 0.389. The predicted octanol–water partition coefficient (Wildman–Crippen LogP) is 2.08. The molecule has 2 aromatic rings. The summed E-state index contributed by atoms with van der Waals surface area (Å²) in [5.41, 5.74) is 0.381. The zero-order valence-corrected chi connectivity index (χ0v) is 14.0. The molecule has 1 aromatic heterocycles. The molecule has 1 unspecified atom stereocenters. The van der Waals surface area contributed by atoms with Crippen LogP contribution in [0.25, 0.3) is 0 Å². The lowest BCUT2D eigenvalue weighted by Gasteiger charge is -2.32. The lowest BCUT2D eigenvalue weighted by molar-refractivity contribution is 0.0699. The van der Waals surface area contributed by atoms with Crippen LogP contribution in [0, 0.1) is 5.82 Å². The van der Waals surface area contributed by atoms with Crippen LogP contribution in [0.4, 0.5) is 4.39 Å². The maximum Gasteiger partial charge on any atom is 0.256 e. The number of piperidine rings is 1. The Morgan fingerprint density at radius 3 is 3.00 bits per heavy atom. The molecule has 3 rings (SSSR count). The first-order chi connectivity index (χ1) is 12.1. The largest absolute Gasteiger partial charge is 0.378 e. The molecule has 0 bridgehead atoms. The lowest BCUT2D eigenvalue weighted by atomic mass is 9.96. The second kappa shape index (κ2) is 7.57. The molecule has 1 aromatic carbocycles. The SMILES string of the molecule is COCc1cc(=O)[nH]c(C2CCCN(C(=O)c3ccccc3F)C2)n1. The Bertz CT molecular complexity index is 821. The summed E-state index contributed by atoms with van der Waals surface area (Å²) in [6.45, 7) is 1.21. The van der Waals surface area contributed by atoms with Crippen LogP contribution in [-0.2, 0) is 11.3 Å². The molecular weight excluding hydrogens is 325 g/mol. The molecule has 1 aliphatic rings. The number of aromatic nitrogens is 2. The number of hydrogen-bond acceptors (Lipinski definition) is 4. The van der Waals surface area contributed by atoms with E-state index in [1.807, 2.05) is 0 Å². The quantitative estimate of drug-likeness (QED) is 0.920. The van der Waals surface area contributed by atoms with Crippen molar-refractivity contribution >= 4 is 5.91 Å². The van der Waals surface area contributed by atoms with Gasteiger partial charge in [-0.05, 0) is 25.0 Å². The highest BCUT2D eigenvalue weighted by Crippen LogP contribution is 2.25. The van der Waals surface area contributed by atoms with Gasteiger partial charge in [0, 0.05) is 32.2 Å². The standard InChI is InChI=1S/C18H20FN3O3/c1-25-11-13-9-16(23)21-17(20-13)12-5-4-8-22(10-12)18(24)14-6-2-3-7-15(14)19/h2-3,6-7,9,12H,4-5,8,10-11H2,1H3,(H,20,21,23). The average molecular weight is 345 g/mol. The Balaban J connectivity index is 1.81. The normalized spacial score (nSPS) is 17.5. The number of amides is 1. The summed E-state index contributed by atoms with van der Waals surface area (Å²) in [7, 11) is 1.54. The van der Waals surface area contributed by atoms with Crippen LogP contribution < -0.4 is 5.56 Å². The summed E-state index contributed by atoms with van der Waals surface area (Å²) in [6, 6.07) is 7.37. The number of hydrogen-bond donors (Lipinski definition) is 1. The van der Waals surface area contributed by atoms with E-state index in [1.54, 1.807) is 17.0 Å². The molecule has 0 aliphatic carbocycles. The monoisotopic (exact) mass is 345 g/mol. The molecule has 132 valence electrons. The molecule has 25 heavy (non-hydrogen) atoms. The van der Waals surface area contributed by atoms with Gasteiger partial charge in [-0.1, -0.05) is 12.1 Å². The fourth-order valence-electron chi connectivity index (χ4n) is 3.13. The first-order valence-electron chi connectivity index (χ1n) is 8.21. The van der Waals surface area contributed by atoms with E-state index < -0.39 is 5.82 Å². The molecule has 0 spiro atoms. The van der Waals surface area contributed by atoms with Gasteiger partial charge in [0.05, 0.1) is 17.9 Å². The molecule has 0 radical (unpaired) electrons. The number of methoxy groups -OCH3 is 1. The second-order valence-electron chi connectivity index (χ2n) is 6.13. The Morgan fingerprint density at radius 2 is 2.24 bits per heavy atom. The van der Waals surface area contributed by atoms with Crippen molar-refractivity contribution < 1.29 is 13.9 Å². The van der Waals surface area contributed by atoms with E-state index in [1.165, 1.54) is 25.3 Å². The molecule has 1 fully saturated rings. The van der Waals surface area contributed by atoms with Gasteiger partial charge in [-0.2, -0.15) is 0 Å². The van der Waals surface area contributed by atoms with Crippen molar-refractivity contribution in [2.45, 2.75) is 25.4 Å². The smallest absolute Gasteiger partial charge is 0.256 e. The number of carbonyl (C=O) groups is 1. The molecule has 0 saturated carbocycles. The molecule has 1 N–H and O–H groups in total. The summed E-state index contributed by atoms with van der Waals surface area (Å²) in [5.74, 6) is -0.402. The van der Waals surface area contributed by atoms with Crippen LogP contribution in [0.5, 0.6) is 0 Å². The fourth-order valence-corrected chi connectivity index (χ4v) is 3.13. The maximum absolute atomic E-state index is 13.9. The van der Waals surface area contributed by atoms with Gasteiger partial charge in [-0.25, -0.2) is 9.37 Å². The van der Waals surface area contributed by atoms with E-state index in [2.05, 4.69) is 9.97 Å². The zero-order valence-electron chi connectivity index (χ0n) is 14.0. The number of carbonyl (C=O) groups excluding carboxylic acids is 1. The van der Waals surface area contributed by atoms with Crippen molar-refractivity contribution in [2.24, 2.45) is 0 Å². The number of nitrogens with one attached hydrogen (secondary N) is 1. The third kappa shape index (κ3) is 3.93. The van der Waals surface area contributed by atoms with Gasteiger partial charge in [-0.15, -0.1) is 0 Å². The minimum atomic E-state index is -0.525.